The van der Waals surface area contributed by atoms with Crippen LogP contribution in [0, 0.1) is 16.7 Å². The summed E-state index contributed by atoms with van der Waals surface area (Å²) in [5.41, 5.74) is 3.53. The molecule has 2 atom stereocenters. The Morgan fingerprint density at radius 1 is 1.25 bits per heavy atom. The van der Waals surface area contributed by atoms with Gasteiger partial charge >= 0.3 is 5.97 Å². The largest absolute Gasteiger partial charge is 0.465 e. The first-order chi connectivity index (χ1) is 11.3. The fourth-order valence-corrected chi connectivity index (χ4v) is 5.03. The van der Waals surface area contributed by atoms with Crippen LogP contribution >= 0.6 is 0 Å². The molecule has 3 nitrogen and oxygen atoms in total. The molecule has 3 heteroatoms. The van der Waals surface area contributed by atoms with E-state index in [1.807, 2.05) is 0 Å². The van der Waals surface area contributed by atoms with Crippen LogP contribution in [0.2, 0.25) is 0 Å². The highest BCUT2D eigenvalue weighted by Crippen LogP contribution is 2.59. The average Bonchev–Trinajstić information content (AvgIpc) is 2.51. The first kappa shape index (κ1) is 18.7. The Hall–Kier alpha value is -1.64. The Balaban J connectivity index is 2.40. The summed E-state index contributed by atoms with van der Waals surface area (Å²) in [4.78, 5) is 22.6. The Labute approximate surface area is 145 Å². The molecule has 0 N–H and O–H groups in total. The van der Waals surface area contributed by atoms with Gasteiger partial charge in [-0.1, -0.05) is 38.8 Å². The highest BCUT2D eigenvalue weighted by Gasteiger charge is 2.49. The summed E-state index contributed by atoms with van der Waals surface area (Å²) >= 11 is 0. The third-order valence-electron chi connectivity index (χ3n) is 6.21. The fourth-order valence-electron chi connectivity index (χ4n) is 5.03. The van der Waals surface area contributed by atoms with Gasteiger partial charge in [-0.05, 0) is 67.1 Å². The summed E-state index contributed by atoms with van der Waals surface area (Å²) in [5, 5.41) is 0. The van der Waals surface area contributed by atoms with Crippen LogP contribution in [0.3, 0.4) is 0 Å². The number of allylic oxidation sites excluding steroid dienone is 4. The maximum absolute atomic E-state index is 11.8. The van der Waals surface area contributed by atoms with Gasteiger partial charge in [0, 0.05) is 0 Å². The highest BCUT2D eigenvalue weighted by molar-refractivity contribution is 5.95. The van der Waals surface area contributed by atoms with Gasteiger partial charge in [0.25, 0.3) is 0 Å². The van der Waals surface area contributed by atoms with Gasteiger partial charge < -0.3 is 4.74 Å². The van der Waals surface area contributed by atoms with Gasteiger partial charge in [0.1, 0.15) is 6.29 Å². The van der Waals surface area contributed by atoms with E-state index >= 15 is 0 Å². The van der Waals surface area contributed by atoms with Gasteiger partial charge in [-0.3, -0.25) is 4.79 Å². The van der Waals surface area contributed by atoms with Gasteiger partial charge in [-0.15, -0.1) is 0 Å². The number of carbonyl (C=O) groups excluding carboxylic acids is 2. The molecule has 0 aliphatic heterocycles. The molecule has 0 spiro atoms. The molecule has 2 aliphatic rings. The van der Waals surface area contributed by atoms with E-state index in [0.29, 0.717) is 23.2 Å². The predicted molar refractivity (Wildman–Crippen MR) is 96.5 cm³/mol. The zero-order chi connectivity index (χ0) is 18.0. The molecule has 0 aromatic heterocycles. The number of hydrogen-bond acceptors (Lipinski definition) is 3. The van der Waals surface area contributed by atoms with Crippen LogP contribution in [0.15, 0.2) is 34.9 Å². The van der Waals surface area contributed by atoms with Gasteiger partial charge in [0.15, 0.2) is 0 Å². The quantitative estimate of drug-likeness (QED) is 0.322. The van der Waals surface area contributed by atoms with Crippen molar-refractivity contribution in [3.63, 3.8) is 0 Å². The Bertz CT molecular complexity index is 607. The lowest BCUT2D eigenvalue weighted by Crippen LogP contribution is -2.45. The van der Waals surface area contributed by atoms with Crippen molar-refractivity contribution in [1.29, 1.82) is 0 Å². The van der Waals surface area contributed by atoms with Crippen molar-refractivity contribution in [2.24, 2.45) is 16.7 Å². The SMILES string of the molecule is COC(=O)C(/C=C/C1=C(C)CCC2C(C)(C)CCC[C@]12C)=C/C=O. The molecular weight excluding hydrogens is 300 g/mol. The van der Waals surface area contributed by atoms with Crippen molar-refractivity contribution in [2.75, 3.05) is 7.11 Å². The van der Waals surface area contributed by atoms with Crippen LogP contribution in [0.4, 0.5) is 0 Å². The van der Waals surface area contributed by atoms with Crippen LogP contribution in [0.1, 0.15) is 59.8 Å². The van der Waals surface area contributed by atoms with Crippen molar-refractivity contribution in [3.05, 3.63) is 34.9 Å². The minimum Gasteiger partial charge on any atom is -0.465 e. The molecule has 0 heterocycles. The van der Waals surface area contributed by atoms with E-state index in [4.69, 9.17) is 4.74 Å². The maximum Gasteiger partial charge on any atom is 0.337 e. The van der Waals surface area contributed by atoms with Crippen LogP contribution in [-0.4, -0.2) is 19.4 Å². The summed E-state index contributed by atoms with van der Waals surface area (Å²) in [6.45, 7) is 9.36. The number of carbonyl (C=O) groups is 2. The maximum atomic E-state index is 11.8. The second kappa shape index (κ2) is 7.08. The van der Waals surface area contributed by atoms with E-state index < -0.39 is 5.97 Å². The molecule has 0 saturated heterocycles. The molecular formula is C21H30O3. The van der Waals surface area contributed by atoms with E-state index in [0.717, 1.165) is 6.42 Å². The third-order valence-corrected chi connectivity index (χ3v) is 6.21. The first-order valence-corrected chi connectivity index (χ1v) is 8.88. The van der Waals surface area contributed by atoms with E-state index in [-0.39, 0.29) is 5.41 Å². The van der Waals surface area contributed by atoms with Crippen LogP contribution in [0.25, 0.3) is 0 Å². The van der Waals surface area contributed by atoms with E-state index in [2.05, 4.69) is 33.8 Å². The van der Waals surface area contributed by atoms with Crippen molar-refractivity contribution in [2.45, 2.75) is 59.8 Å². The van der Waals surface area contributed by atoms with E-state index in [9.17, 15) is 9.59 Å². The summed E-state index contributed by atoms with van der Waals surface area (Å²) in [7, 11) is 1.33. The standard InChI is InChI=1S/C21H30O3/c1-15-7-10-18-20(2,3)12-6-13-21(18,4)17(15)9-8-16(11-14-22)19(23)24-5/h8-9,11,14,18H,6-7,10,12-13H2,1-5H3/b9-8+,16-11+/t18?,21-/m1/s1. The normalized spacial score (nSPS) is 30.2. The molecule has 0 aromatic rings. The monoisotopic (exact) mass is 330 g/mol. The van der Waals surface area contributed by atoms with Crippen molar-refractivity contribution in [3.8, 4) is 0 Å². The van der Waals surface area contributed by atoms with Gasteiger partial charge in [-0.2, -0.15) is 0 Å². The van der Waals surface area contributed by atoms with Crippen molar-refractivity contribution in [1.82, 2.24) is 0 Å². The molecule has 0 radical (unpaired) electrons. The Morgan fingerprint density at radius 3 is 2.58 bits per heavy atom. The highest BCUT2D eigenvalue weighted by atomic mass is 16.5. The number of fused-ring (bicyclic) bond motifs is 1. The molecule has 0 bridgehead atoms. The fraction of sp³-hybridized carbons (Fsp3) is 0.619. The minimum absolute atomic E-state index is 0.142. The second-order valence-electron chi connectivity index (χ2n) is 8.13. The van der Waals surface area contributed by atoms with Crippen LogP contribution in [-0.2, 0) is 14.3 Å². The number of rotatable bonds is 4. The molecule has 1 saturated carbocycles. The van der Waals surface area contributed by atoms with E-state index in [1.54, 1.807) is 6.08 Å². The van der Waals surface area contributed by atoms with Crippen molar-refractivity contribution < 1.29 is 14.3 Å². The molecule has 2 aliphatic carbocycles. The topological polar surface area (TPSA) is 43.4 Å². The smallest absolute Gasteiger partial charge is 0.337 e. The molecule has 1 unspecified atom stereocenters. The van der Waals surface area contributed by atoms with Gasteiger partial charge in [-0.25, -0.2) is 4.79 Å². The minimum atomic E-state index is -0.474. The Morgan fingerprint density at radius 2 is 1.96 bits per heavy atom. The lowest BCUT2D eigenvalue weighted by Gasteiger charge is -2.54. The predicted octanol–water partition coefficient (Wildman–Crippen LogP) is 4.78. The second-order valence-corrected chi connectivity index (χ2v) is 8.13. The summed E-state index contributed by atoms with van der Waals surface area (Å²) in [6.07, 6.45) is 11.7. The van der Waals surface area contributed by atoms with E-state index in [1.165, 1.54) is 50.0 Å². The zero-order valence-electron chi connectivity index (χ0n) is 15.6. The van der Waals surface area contributed by atoms with Gasteiger partial charge in [0.2, 0.25) is 0 Å². The number of aldehydes is 1. The number of esters is 1. The van der Waals surface area contributed by atoms with Crippen LogP contribution in [0.5, 0.6) is 0 Å². The molecule has 132 valence electrons. The molecule has 0 aromatic carbocycles. The lowest BCUT2D eigenvalue weighted by atomic mass is 9.50. The first-order valence-electron chi connectivity index (χ1n) is 8.88. The zero-order valence-corrected chi connectivity index (χ0v) is 15.6. The van der Waals surface area contributed by atoms with Crippen LogP contribution < -0.4 is 0 Å². The number of methoxy groups -OCH3 is 1. The Kier molecular flexibility index (Phi) is 5.52. The molecule has 2 rings (SSSR count). The summed E-state index contributed by atoms with van der Waals surface area (Å²) < 4.78 is 4.76. The number of hydrogen-bond donors (Lipinski definition) is 0. The third kappa shape index (κ3) is 3.40. The molecule has 24 heavy (non-hydrogen) atoms. The molecule has 0 amide bonds. The lowest BCUT2D eigenvalue weighted by molar-refractivity contribution is -0.135. The summed E-state index contributed by atoms with van der Waals surface area (Å²) in [5.74, 6) is 0.178. The molecule has 1 fully saturated rings. The average molecular weight is 330 g/mol. The van der Waals surface area contributed by atoms with Gasteiger partial charge in [0.05, 0.1) is 12.7 Å². The van der Waals surface area contributed by atoms with Crippen molar-refractivity contribution >= 4 is 12.3 Å². The number of ether oxygens (including phenoxy) is 1. The summed E-state index contributed by atoms with van der Waals surface area (Å²) in [6, 6.07) is 0.